The lowest BCUT2D eigenvalue weighted by Crippen LogP contribution is -2.17. The molecular formula is C49H37N. The van der Waals surface area contributed by atoms with Gasteiger partial charge in [-0.05, 0) is 103 Å². The Hall–Kier alpha value is -6.18. The molecule has 0 spiro atoms. The van der Waals surface area contributed by atoms with E-state index in [1.807, 2.05) is 0 Å². The zero-order valence-electron chi connectivity index (χ0n) is 28.3. The van der Waals surface area contributed by atoms with Crippen molar-refractivity contribution in [2.75, 3.05) is 4.90 Å². The summed E-state index contributed by atoms with van der Waals surface area (Å²) in [6.07, 6.45) is 0. The zero-order chi connectivity index (χ0) is 33.7. The van der Waals surface area contributed by atoms with Crippen molar-refractivity contribution in [2.24, 2.45) is 0 Å². The molecule has 8 aromatic rings. The topological polar surface area (TPSA) is 3.24 Å². The van der Waals surface area contributed by atoms with Gasteiger partial charge in [0, 0.05) is 22.5 Å². The van der Waals surface area contributed by atoms with Gasteiger partial charge in [0.05, 0.1) is 0 Å². The van der Waals surface area contributed by atoms with E-state index in [2.05, 4.69) is 207 Å². The molecule has 9 rings (SSSR count). The van der Waals surface area contributed by atoms with Crippen molar-refractivity contribution in [3.8, 4) is 44.5 Å². The summed E-state index contributed by atoms with van der Waals surface area (Å²) < 4.78 is 0. The van der Waals surface area contributed by atoms with E-state index in [-0.39, 0.29) is 5.41 Å². The summed E-state index contributed by atoms with van der Waals surface area (Å²) in [6, 6.07) is 68.6. The Balaban J connectivity index is 1.24. The fourth-order valence-corrected chi connectivity index (χ4v) is 8.03. The predicted molar refractivity (Wildman–Crippen MR) is 213 cm³/mol. The van der Waals surface area contributed by atoms with Crippen LogP contribution in [-0.2, 0) is 5.41 Å². The lowest BCUT2D eigenvalue weighted by molar-refractivity contribution is 0.662. The first kappa shape index (κ1) is 29.9. The number of hydrogen-bond donors (Lipinski definition) is 0. The van der Waals surface area contributed by atoms with Crippen molar-refractivity contribution < 1.29 is 0 Å². The van der Waals surface area contributed by atoms with Crippen LogP contribution in [0.5, 0.6) is 0 Å². The maximum Gasteiger partial charge on any atom is 0.0474 e. The third-order valence-electron chi connectivity index (χ3n) is 10.4. The Morgan fingerprint density at radius 1 is 0.360 bits per heavy atom. The van der Waals surface area contributed by atoms with Gasteiger partial charge >= 0.3 is 0 Å². The highest BCUT2D eigenvalue weighted by molar-refractivity contribution is 5.97. The number of nitrogens with zero attached hydrogens (tertiary/aromatic N) is 1. The molecular weight excluding hydrogens is 603 g/mol. The highest BCUT2D eigenvalue weighted by Crippen LogP contribution is 2.54. The van der Waals surface area contributed by atoms with Crippen molar-refractivity contribution in [3.63, 3.8) is 0 Å². The fourth-order valence-electron chi connectivity index (χ4n) is 8.03. The van der Waals surface area contributed by atoms with Gasteiger partial charge in [-0.3, -0.25) is 0 Å². The van der Waals surface area contributed by atoms with Gasteiger partial charge < -0.3 is 4.90 Å². The highest BCUT2D eigenvalue weighted by Gasteiger charge is 2.38. The van der Waals surface area contributed by atoms with Crippen LogP contribution in [0.4, 0.5) is 17.1 Å². The molecule has 0 amide bonds. The molecule has 1 aliphatic carbocycles. The summed E-state index contributed by atoms with van der Waals surface area (Å²) in [4.78, 5) is 2.42. The SMILES string of the molecule is CC1(C)c2ccccc2-c2cc(N(c3ccc(-c4ccccc4)cc3)c3ccc(-c4cccc5ccccc45)cc3)cc(-c3ccccc3)c21. The van der Waals surface area contributed by atoms with E-state index in [1.54, 1.807) is 0 Å². The number of benzene rings is 8. The molecule has 0 saturated carbocycles. The lowest BCUT2D eigenvalue weighted by Gasteiger charge is -2.29. The fraction of sp³-hybridized carbons (Fsp3) is 0.0612. The van der Waals surface area contributed by atoms with Crippen LogP contribution in [-0.4, -0.2) is 0 Å². The minimum atomic E-state index is -0.127. The summed E-state index contributed by atoms with van der Waals surface area (Å²) in [5.74, 6) is 0. The summed E-state index contributed by atoms with van der Waals surface area (Å²) in [6.45, 7) is 4.74. The van der Waals surface area contributed by atoms with Gasteiger partial charge in [-0.15, -0.1) is 0 Å². The van der Waals surface area contributed by atoms with Crippen molar-refractivity contribution in [1.29, 1.82) is 0 Å². The smallest absolute Gasteiger partial charge is 0.0474 e. The summed E-state index contributed by atoms with van der Waals surface area (Å²) >= 11 is 0. The summed E-state index contributed by atoms with van der Waals surface area (Å²) in [5, 5.41) is 2.52. The Labute approximate surface area is 294 Å². The van der Waals surface area contributed by atoms with Crippen molar-refractivity contribution >= 4 is 27.8 Å². The molecule has 0 N–H and O–H groups in total. The molecule has 0 aliphatic heterocycles. The minimum Gasteiger partial charge on any atom is -0.310 e. The molecule has 0 aromatic heterocycles. The lowest BCUT2D eigenvalue weighted by atomic mass is 9.78. The standard InChI is InChI=1S/C49H37N/c1-49(2)47-23-12-11-21-44(47)46-33-41(32-45(48(46)49)37-16-7-4-8-17-37)50(39-28-24-35(25-29-39)34-14-5-3-6-15-34)40-30-26-38(27-31-40)43-22-13-19-36-18-9-10-20-42(36)43/h3-33H,1-2H3. The molecule has 1 nitrogen and oxygen atoms in total. The van der Waals surface area contributed by atoms with Crippen molar-refractivity contribution in [1.82, 2.24) is 0 Å². The molecule has 0 atom stereocenters. The monoisotopic (exact) mass is 639 g/mol. The van der Waals surface area contributed by atoms with Crippen molar-refractivity contribution in [2.45, 2.75) is 19.3 Å². The van der Waals surface area contributed by atoms with Crippen LogP contribution in [0.1, 0.15) is 25.0 Å². The Morgan fingerprint density at radius 2 is 0.860 bits per heavy atom. The van der Waals surface area contributed by atoms with Crippen LogP contribution < -0.4 is 4.90 Å². The molecule has 0 heterocycles. The Morgan fingerprint density at radius 3 is 1.58 bits per heavy atom. The summed E-state index contributed by atoms with van der Waals surface area (Å²) in [5.41, 5.74) is 16.0. The predicted octanol–water partition coefficient (Wildman–Crippen LogP) is 13.6. The van der Waals surface area contributed by atoms with Gasteiger partial charge in [0.2, 0.25) is 0 Å². The van der Waals surface area contributed by atoms with Crippen LogP contribution in [0, 0.1) is 0 Å². The average molecular weight is 640 g/mol. The normalized spacial score (nSPS) is 12.8. The van der Waals surface area contributed by atoms with Crippen molar-refractivity contribution in [3.05, 3.63) is 199 Å². The van der Waals surface area contributed by atoms with Gasteiger partial charge in [-0.1, -0.05) is 166 Å². The maximum absolute atomic E-state index is 2.42. The van der Waals surface area contributed by atoms with Gasteiger partial charge in [0.1, 0.15) is 0 Å². The molecule has 0 unspecified atom stereocenters. The number of rotatable bonds is 6. The largest absolute Gasteiger partial charge is 0.310 e. The second-order valence-corrected chi connectivity index (χ2v) is 13.8. The van der Waals surface area contributed by atoms with E-state index in [4.69, 9.17) is 0 Å². The molecule has 0 radical (unpaired) electrons. The molecule has 0 saturated heterocycles. The van der Waals surface area contributed by atoms with E-state index >= 15 is 0 Å². The van der Waals surface area contributed by atoms with Crippen LogP contribution in [0.25, 0.3) is 55.3 Å². The molecule has 1 heteroatoms. The van der Waals surface area contributed by atoms with Gasteiger partial charge in [0.25, 0.3) is 0 Å². The average Bonchev–Trinajstić information content (AvgIpc) is 3.41. The first-order valence-electron chi connectivity index (χ1n) is 17.4. The number of fused-ring (bicyclic) bond motifs is 4. The third kappa shape index (κ3) is 5.02. The maximum atomic E-state index is 2.42. The van der Waals surface area contributed by atoms with E-state index in [1.165, 1.54) is 66.4 Å². The van der Waals surface area contributed by atoms with E-state index < -0.39 is 0 Å². The minimum absolute atomic E-state index is 0.127. The van der Waals surface area contributed by atoms with Gasteiger partial charge in [-0.2, -0.15) is 0 Å². The quantitative estimate of drug-likeness (QED) is 0.175. The van der Waals surface area contributed by atoms with E-state index in [0.29, 0.717) is 0 Å². The van der Waals surface area contributed by atoms with Gasteiger partial charge in [-0.25, -0.2) is 0 Å². The Kier molecular flexibility index (Phi) is 7.21. The van der Waals surface area contributed by atoms with Gasteiger partial charge in [0.15, 0.2) is 0 Å². The first-order chi connectivity index (χ1) is 24.6. The Bertz CT molecular complexity index is 2470. The number of anilines is 3. The molecule has 1 aliphatic rings. The van der Waals surface area contributed by atoms with Crippen LogP contribution in [0.2, 0.25) is 0 Å². The van der Waals surface area contributed by atoms with E-state index in [0.717, 1.165) is 17.1 Å². The molecule has 50 heavy (non-hydrogen) atoms. The molecule has 0 fully saturated rings. The number of hydrogen-bond acceptors (Lipinski definition) is 1. The van der Waals surface area contributed by atoms with Crippen LogP contribution in [0.15, 0.2) is 188 Å². The zero-order valence-corrected chi connectivity index (χ0v) is 28.3. The highest BCUT2D eigenvalue weighted by atomic mass is 15.1. The molecule has 0 bridgehead atoms. The second-order valence-electron chi connectivity index (χ2n) is 13.8. The molecule has 8 aromatic carbocycles. The van der Waals surface area contributed by atoms with E-state index in [9.17, 15) is 0 Å². The summed E-state index contributed by atoms with van der Waals surface area (Å²) in [7, 11) is 0. The third-order valence-corrected chi connectivity index (χ3v) is 10.4. The van der Waals surface area contributed by atoms with Crippen LogP contribution >= 0.6 is 0 Å². The second kappa shape index (κ2) is 12.1. The first-order valence-corrected chi connectivity index (χ1v) is 17.4. The van der Waals surface area contributed by atoms with Crippen LogP contribution in [0.3, 0.4) is 0 Å². The molecule has 238 valence electrons.